The fourth-order valence-corrected chi connectivity index (χ4v) is 4.98. The monoisotopic (exact) mass is 534 g/mol. The number of nitrogens with two attached hydrogens (primary N) is 1. The second-order valence-electron chi connectivity index (χ2n) is 9.45. The highest BCUT2D eigenvalue weighted by molar-refractivity contribution is 5.75. The first-order valence-electron chi connectivity index (χ1n) is 12.8. The number of anilines is 1. The Hall–Kier alpha value is -5.25. The first-order chi connectivity index (χ1) is 19.5. The molecule has 1 unspecified atom stereocenters. The molecule has 12 heteroatoms. The molecular weight excluding hydrogens is 508 g/mol. The van der Waals surface area contributed by atoms with E-state index < -0.39 is 11.2 Å². The third-order valence-corrected chi connectivity index (χ3v) is 6.90. The van der Waals surface area contributed by atoms with Crippen LogP contribution in [-0.4, -0.2) is 47.8 Å². The maximum atomic E-state index is 14.1. The van der Waals surface area contributed by atoms with Gasteiger partial charge in [0.1, 0.15) is 23.5 Å². The molecule has 1 fully saturated rings. The summed E-state index contributed by atoms with van der Waals surface area (Å²) in [6.45, 7) is 2.91. The number of nitriles is 2. The van der Waals surface area contributed by atoms with Gasteiger partial charge >= 0.3 is 5.69 Å². The van der Waals surface area contributed by atoms with Crippen molar-refractivity contribution < 1.29 is 0 Å². The summed E-state index contributed by atoms with van der Waals surface area (Å²) >= 11 is 0. The summed E-state index contributed by atoms with van der Waals surface area (Å²) in [4.78, 5) is 43.1. The van der Waals surface area contributed by atoms with E-state index in [1.165, 1.54) is 17.0 Å². The second kappa shape index (κ2) is 11.2. The molecule has 1 saturated heterocycles. The van der Waals surface area contributed by atoms with Crippen molar-refractivity contribution in [3.63, 3.8) is 0 Å². The van der Waals surface area contributed by atoms with Crippen LogP contribution in [0.1, 0.15) is 42.3 Å². The van der Waals surface area contributed by atoms with Crippen LogP contribution < -0.4 is 21.9 Å². The highest BCUT2D eigenvalue weighted by atomic mass is 16.2. The quantitative estimate of drug-likeness (QED) is 0.354. The van der Waals surface area contributed by atoms with Crippen LogP contribution in [0.2, 0.25) is 0 Å². The topological polar surface area (TPSA) is 164 Å². The number of piperidine rings is 1. The Morgan fingerprint density at radius 1 is 1.00 bits per heavy atom. The number of rotatable bonds is 6. The molecule has 0 bridgehead atoms. The lowest BCUT2D eigenvalue weighted by Gasteiger charge is -2.31. The van der Waals surface area contributed by atoms with Crippen molar-refractivity contribution in [2.45, 2.75) is 45.4 Å². The van der Waals surface area contributed by atoms with Crippen LogP contribution in [0.3, 0.4) is 0 Å². The van der Waals surface area contributed by atoms with E-state index in [2.05, 4.69) is 27.9 Å². The molecule has 0 radical (unpaired) electrons. The normalized spacial score (nSPS) is 14.8. The second-order valence-corrected chi connectivity index (χ2v) is 9.45. The van der Waals surface area contributed by atoms with Crippen LogP contribution in [0, 0.1) is 34.5 Å². The highest BCUT2D eigenvalue weighted by Gasteiger charge is 2.27. The van der Waals surface area contributed by atoms with E-state index in [-0.39, 0.29) is 48.2 Å². The third kappa shape index (κ3) is 4.82. The summed E-state index contributed by atoms with van der Waals surface area (Å²) in [5, 5.41) is 19.2. The van der Waals surface area contributed by atoms with Crippen molar-refractivity contribution >= 4 is 17.1 Å². The predicted octanol–water partition coefficient (Wildman–Crippen LogP) is 0.940. The van der Waals surface area contributed by atoms with Gasteiger partial charge in [-0.2, -0.15) is 15.5 Å². The van der Waals surface area contributed by atoms with E-state index in [1.807, 2.05) is 11.0 Å². The molecule has 0 aromatic carbocycles. The van der Waals surface area contributed by atoms with E-state index in [4.69, 9.17) is 10.7 Å². The van der Waals surface area contributed by atoms with Gasteiger partial charge in [0.2, 0.25) is 5.95 Å². The molecule has 5 rings (SSSR count). The number of fused-ring (bicyclic) bond motifs is 1. The van der Waals surface area contributed by atoms with E-state index in [0.29, 0.717) is 30.2 Å². The minimum absolute atomic E-state index is 0.0417. The van der Waals surface area contributed by atoms with E-state index in [1.54, 1.807) is 35.8 Å². The molecule has 40 heavy (non-hydrogen) atoms. The summed E-state index contributed by atoms with van der Waals surface area (Å²) in [6.07, 6.45) is 4.72. The molecule has 12 nitrogen and oxygen atoms in total. The average Bonchev–Trinajstić information content (AvgIpc) is 3.36. The predicted molar refractivity (Wildman–Crippen MR) is 147 cm³/mol. The molecule has 5 heterocycles. The summed E-state index contributed by atoms with van der Waals surface area (Å²) in [5.74, 6) is 6.40. The van der Waals surface area contributed by atoms with Crippen molar-refractivity contribution in [3.8, 4) is 24.0 Å². The third-order valence-electron chi connectivity index (χ3n) is 6.90. The van der Waals surface area contributed by atoms with E-state index >= 15 is 0 Å². The first-order valence-corrected chi connectivity index (χ1v) is 12.8. The molecule has 200 valence electrons. The number of pyridine rings is 2. The van der Waals surface area contributed by atoms with E-state index in [0.717, 1.165) is 17.4 Å². The van der Waals surface area contributed by atoms with Gasteiger partial charge in [0.05, 0.1) is 19.6 Å². The Morgan fingerprint density at radius 2 is 1.65 bits per heavy atom. The number of hydrogen-bond donors (Lipinski definition) is 1. The fourth-order valence-electron chi connectivity index (χ4n) is 4.98. The smallest absolute Gasteiger partial charge is 0.333 e. The molecule has 1 aliphatic heterocycles. The highest BCUT2D eigenvalue weighted by Crippen LogP contribution is 2.24. The van der Waals surface area contributed by atoms with Crippen LogP contribution in [0.4, 0.5) is 5.95 Å². The molecule has 4 aromatic heterocycles. The Morgan fingerprint density at radius 3 is 2.25 bits per heavy atom. The zero-order valence-electron chi connectivity index (χ0n) is 21.9. The van der Waals surface area contributed by atoms with Crippen LogP contribution in [-0.2, 0) is 19.6 Å². The molecule has 0 aliphatic carbocycles. The van der Waals surface area contributed by atoms with Crippen LogP contribution in [0.25, 0.3) is 11.2 Å². The zero-order chi connectivity index (χ0) is 28.2. The van der Waals surface area contributed by atoms with E-state index in [9.17, 15) is 20.1 Å². The zero-order valence-corrected chi connectivity index (χ0v) is 21.9. The summed E-state index contributed by atoms with van der Waals surface area (Å²) in [5.41, 5.74) is 6.66. The Balaban J connectivity index is 1.81. The molecule has 0 spiro atoms. The first kappa shape index (κ1) is 26.4. The SMILES string of the molecule is CC#CCn1c(N2CCCC(N)C2)nc2c1c(=O)n(Cc1cccnc1C#N)c(=O)n2Cc1cccnc1C#N. The minimum atomic E-state index is -0.633. The van der Waals surface area contributed by atoms with Gasteiger partial charge < -0.3 is 10.6 Å². The number of imidazole rings is 1. The van der Waals surface area contributed by atoms with Gasteiger partial charge in [0.15, 0.2) is 11.2 Å². The van der Waals surface area contributed by atoms with Gasteiger partial charge in [-0.1, -0.05) is 18.1 Å². The largest absolute Gasteiger partial charge is 0.341 e. The van der Waals surface area contributed by atoms with Crippen molar-refractivity contribution in [2.75, 3.05) is 18.0 Å². The Kier molecular flexibility index (Phi) is 7.41. The lowest BCUT2D eigenvalue weighted by atomic mass is 10.1. The maximum Gasteiger partial charge on any atom is 0.333 e. The summed E-state index contributed by atoms with van der Waals surface area (Å²) in [7, 11) is 0. The number of aromatic nitrogens is 6. The van der Waals surface area contributed by atoms with Gasteiger partial charge in [-0.05, 0) is 31.9 Å². The summed E-state index contributed by atoms with van der Waals surface area (Å²) < 4.78 is 4.17. The molecule has 0 amide bonds. The van der Waals surface area contributed by atoms with Gasteiger partial charge in [-0.15, -0.1) is 5.92 Å². The van der Waals surface area contributed by atoms with Gasteiger partial charge in [0.25, 0.3) is 5.56 Å². The lowest BCUT2D eigenvalue weighted by molar-refractivity contribution is 0.496. The Labute approximate surface area is 229 Å². The molecule has 0 saturated carbocycles. The van der Waals surface area contributed by atoms with Crippen molar-refractivity contribution in [2.24, 2.45) is 5.73 Å². The lowest BCUT2D eigenvalue weighted by Crippen LogP contribution is -2.44. The van der Waals surface area contributed by atoms with Crippen molar-refractivity contribution in [3.05, 3.63) is 80.0 Å². The fraction of sp³-hybridized carbons (Fsp3) is 0.321. The van der Waals surface area contributed by atoms with Gasteiger partial charge in [-0.25, -0.2) is 14.8 Å². The van der Waals surface area contributed by atoms with Crippen LogP contribution >= 0.6 is 0 Å². The molecule has 1 aliphatic rings. The van der Waals surface area contributed by atoms with Crippen LogP contribution in [0.15, 0.2) is 46.2 Å². The average molecular weight is 535 g/mol. The standard InChI is InChI=1S/C28H26N10O2/c1-2-3-13-36-24-25(34-27(36)35-12-6-9-21(31)18-35)37(16-19-7-4-10-32-22(19)14-29)28(40)38(26(24)39)17-20-8-5-11-33-23(20)15-30/h4-5,7-8,10-11,21H,6,9,12-13,16-18,31H2,1H3. The van der Waals surface area contributed by atoms with Crippen molar-refractivity contribution in [1.82, 2.24) is 28.7 Å². The molecule has 4 aromatic rings. The van der Waals surface area contributed by atoms with Crippen molar-refractivity contribution in [1.29, 1.82) is 10.5 Å². The Bertz CT molecular complexity index is 1860. The van der Waals surface area contributed by atoms with Crippen LogP contribution in [0.5, 0.6) is 0 Å². The number of nitrogens with zero attached hydrogens (tertiary/aromatic N) is 9. The molecular formula is C28H26N10O2. The van der Waals surface area contributed by atoms with Gasteiger partial charge in [-0.3, -0.25) is 18.5 Å². The van der Waals surface area contributed by atoms with Gasteiger partial charge in [0, 0.05) is 42.7 Å². The minimum Gasteiger partial charge on any atom is -0.341 e. The maximum absolute atomic E-state index is 14.1. The summed E-state index contributed by atoms with van der Waals surface area (Å²) in [6, 6.07) is 10.7. The molecule has 1 atom stereocenters. The number of hydrogen-bond acceptors (Lipinski definition) is 9. The molecule has 2 N–H and O–H groups in total.